The van der Waals surface area contributed by atoms with Gasteiger partial charge in [-0.15, -0.1) is 0 Å². The molecule has 2 aromatic rings. The molecular weight excluding hydrogens is 392 g/mol. The highest BCUT2D eigenvalue weighted by molar-refractivity contribution is 9.10. The van der Waals surface area contributed by atoms with Crippen LogP contribution < -0.4 is 10.0 Å². The number of amides is 1. The van der Waals surface area contributed by atoms with Gasteiger partial charge in [0.15, 0.2) is 0 Å². The molecule has 0 saturated carbocycles. The Balaban J connectivity index is 2.11. The summed E-state index contributed by atoms with van der Waals surface area (Å²) in [5.41, 5.74) is 2.68. The number of anilines is 1. The first kappa shape index (κ1) is 18.6. The normalized spacial score (nSPS) is 12.7. The summed E-state index contributed by atoms with van der Waals surface area (Å²) in [5, 5.41) is 2.76. The van der Waals surface area contributed by atoms with Crippen molar-refractivity contribution >= 4 is 37.5 Å². The minimum Gasteiger partial charge on any atom is -0.324 e. The van der Waals surface area contributed by atoms with E-state index in [1.165, 1.54) is 19.1 Å². The van der Waals surface area contributed by atoms with Crippen LogP contribution >= 0.6 is 15.9 Å². The highest BCUT2D eigenvalue weighted by Crippen LogP contribution is 2.19. The van der Waals surface area contributed by atoms with Crippen LogP contribution in [-0.2, 0) is 14.8 Å². The van der Waals surface area contributed by atoms with Gasteiger partial charge < -0.3 is 5.32 Å². The fourth-order valence-corrected chi connectivity index (χ4v) is 3.56. The van der Waals surface area contributed by atoms with Crippen LogP contribution in [-0.4, -0.2) is 20.4 Å². The minimum atomic E-state index is -3.76. The van der Waals surface area contributed by atoms with Crippen LogP contribution in [0.5, 0.6) is 0 Å². The fourth-order valence-electron chi connectivity index (χ4n) is 2.10. The molecule has 0 aliphatic carbocycles. The van der Waals surface area contributed by atoms with E-state index in [0.29, 0.717) is 5.69 Å². The summed E-state index contributed by atoms with van der Waals surface area (Å²) in [6.07, 6.45) is 0. The lowest BCUT2D eigenvalue weighted by Crippen LogP contribution is -2.41. The Labute approximate surface area is 150 Å². The van der Waals surface area contributed by atoms with Gasteiger partial charge in [0.25, 0.3) is 0 Å². The summed E-state index contributed by atoms with van der Waals surface area (Å²) in [6, 6.07) is 10.9. The molecule has 7 heteroatoms. The van der Waals surface area contributed by atoms with Crippen molar-refractivity contribution in [2.24, 2.45) is 0 Å². The second-order valence-electron chi connectivity index (χ2n) is 5.53. The molecule has 2 N–H and O–H groups in total. The molecular formula is C17H19BrN2O3S. The molecule has 0 bridgehead atoms. The highest BCUT2D eigenvalue weighted by atomic mass is 79.9. The van der Waals surface area contributed by atoms with Gasteiger partial charge in [0.1, 0.15) is 0 Å². The van der Waals surface area contributed by atoms with Gasteiger partial charge in [-0.2, -0.15) is 4.72 Å². The SMILES string of the molecule is Cc1cccc(NC(=O)C(C)NS(=O)(=O)c2ccc(Br)cc2)c1C. The molecule has 2 rings (SSSR count). The molecule has 0 aromatic heterocycles. The van der Waals surface area contributed by atoms with Crippen LogP contribution in [0.1, 0.15) is 18.1 Å². The second-order valence-corrected chi connectivity index (χ2v) is 8.16. The van der Waals surface area contributed by atoms with Crippen LogP contribution in [0.3, 0.4) is 0 Å². The Morgan fingerprint density at radius 2 is 1.71 bits per heavy atom. The molecule has 0 spiro atoms. The van der Waals surface area contributed by atoms with E-state index in [1.807, 2.05) is 26.0 Å². The Kier molecular flexibility index (Phi) is 5.79. The number of nitrogens with one attached hydrogen (secondary N) is 2. The summed E-state index contributed by atoms with van der Waals surface area (Å²) in [7, 11) is -3.76. The third-order valence-electron chi connectivity index (χ3n) is 3.71. The summed E-state index contributed by atoms with van der Waals surface area (Å²) in [6.45, 7) is 5.36. The second kappa shape index (κ2) is 7.46. The predicted molar refractivity (Wildman–Crippen MR) is 98.5 cm³/mol. The van der Waals surface area contributed by atoms with Crippen LogP contribution in [0, 0.1) is 13.8 Å². The molecule has 0 fully saturated rings. The molecule has 5 nitrogen and oxygen atoms in total. The highest BCUT2D eigenvalue weighted by Gasteiger charge is 2.22. The van der Waals surface area contributed by atoms with E-state index in [-0.39, 0.29) is 4.90 Å². The number of halogens is 1. The predicted octanol–water partition coefficient (Wildman–Crippen LogP) is 3.37. The molecule has 2 aromatic carbocycles. The maximum Gasteiger partial charge on any atom is 0.242 e. The first-order valence-electron chi connectivity index (χ1n) is 7.35. The van der Waals surface area contributed by atoms with Crippen molar-refractivity contribution in [2.75, 3.05) is 5.32 Å². The first-order chi connectivity index (χ1) is 11.2. The van der Waals surface area contributed by atoms with Crippen molar-refractivity contribution in [3.05, 3.63) is 58.1 Å². The molecule has 1 atom stereocenters. The standard InChI is InChI=1S/C17H19BrN2O3S/c1-11-5-4-6-16(12(11)2)19-17(21)13(3)20-24(22,23)15-9-7-14(18)8-10-15/h4-10,13,20H,1-3H3,(H,19,21). The van der Waals surface area contributed by atoms with E-state index in [1.54, 1.807) is 18.2 Å². The van der Waals surface area contributed by atoms with Gasteiger partial charge >= 0.3 is 0 Å². The monoisotopic (exact) mass is 410 g/mol. The minimum absolute atomic E-state index is 0.108. The van der Waals surface area contributed by atoms with Gasteiger partial charge in [-0.05, 0) is 62.2 Å². The molecule has 1 amide bonds. The van der Waals surface area contributed by atoms with Gasteiger partial charge in [-0.25, -0.2) is 8.42 Å². The third-order valence-corrected chi connectivity index (χ3v) is 5.80. The van der Waals surface area contributed by atoms with Crippen LogP contribution in [0.2, 0.25) is 0 Å². The lowest BCUT2D eigenvalue weighted by Gasteiger charge is -2.16. The lowest BCUT2D eigenvalue weighted by molar-refractivity contribution is -0.117. The quantitative estimate of drug-likeness (QED) is 0.792. The number of benzene rings is 2. The van der Waals surface area contributed by atoms with Crippen molar-refractivity contribution in [2.45, 2.75) is 31.7 Å². The van der Waals surface area contributed by atoms with E-state index < -0.39 is 22.0 Å². The fraction of sp³-hybridized carbons (Fsp3) is 0.235. The van der Waals surface area contributed by atoms with Gasteiger partial charge in [-0.3, -0.25) is 4.79 Å². The number of sulfonamides is 1. The number of hydrogen-bond acceptors (Lipinski definition) is 3. The smallest absolute Gasteiger partial charge is 0.242 e. The van der Waals surface area contributed by atoms with Gasteiger partial charge in [0.2, 0.25) is 15.9 Å². The molecule has 1 unspecified atom stereocenters. The van der Waals surface area contributed by atoms with E-state index >= 15 is 0 Å². The summed E-state index contributed by atoms with van der Waals surface area (Å²) >= 11 is 3.26. The Hall–Kier alpha value is -1.70. The average molecular weight is 411 g/mol. The molecule has 128 valence electrons. The Bertz CT molecular complexity index is 849. The number of carbonyl (C=O) groups excluding carboxylic acids is 1. The van der Waals surface area contributed by atoms with E-state index in [4.69, 9.17) is 0 Å². The van der Waals surface area contributed by atoms with E-state index in [0.717, 1.165) is 15.6 Å². The Morgan fingerprint density at radius 3 is 2.33 bits per heavy atom. The first-order valence-corrected chi connectivity index (χ1v) is 9.63. The zero-order valence-electron chi connectivity index (χ0n) is 13.6. The largest absolute Gasteiger partial charge is 0.324 e. The third kappa shape index (κ3) is 4.43. The average Bonchev–Trinajstić information content (AvgIpc) is 2.51. The molecule has 0 heterocycles. The molecule has 0 aliphatic rings. The van der Waals surface area contributed by atoms with Crippen LogP contribution in [0.4, 0.5) is 5.69 Å². The van der Waals surface area contributed by atoms with Crippen molar-refractivity contribution in [3.8, 4) is 0 Å². The topological polar surface area (TPSA) is 75.3 Å². The summed E-state index contributed by atoms with van der Waals surface area (Å²) < 4.78 is 27.8. The molecule has 0 aliphatic heterocycles. The van der Waals surface area contributed by atoms with Gasteiger partial charge in [-0.1, -0.05) is 28.1 Å². The van der Waals surface area contributed by atoms with Gasteiger partial charge in [0.05, 0.1) is 10.9 Å². The molecule has 0 radical (unpaired) electrons. The molecule has 24 heavy (non-hydrogen) atoms. The lowest BCUT2D eigenvalue weighted by atomic mass is 10.1. The van der Waals surface area contributed by atoms with Gasteiger partial charge in [0, 0.05) is 10.2 Å². The summed E-state index contributed by atoms with van der Waals surface area (Å²) in [4.78, 5) is 12.4. The zero-order valence-corrected chi connectivity index (χ0v) is 16.0. The van der Waals surface area contributed by atoms with Crippen molar-refractivity contribution in [1.29, 1.82) is 0 Å². The maximum absolute atomic E-state index is 12.3. The number of aryl methyl sites for hydroxylation is 1. The summed E-state index contributed by atoms with van der Waals surface area (Å²) in [5.74, 6) is -0.413. The zero-order chi connectivity index (χ0) is 17.9. The molecule has 0 saturated heterocycles. The van der Waals surface area contributed by atoms with Crippen molar-refractivity contribution < 1.29 is 13.2 Å². The van der Waals surface area contributed by atoms with E-state index in [9.17, 15) is 13.2 Å². The van der Waals surface area contributed by atoms with Crippen LogP contribution in [0.25, 0.3) is 0 Å². The van der Waals surface area contributed by atoms with Crippen molar-refractivity contribution in [3.63, 3.8) is 0 Å². The van der Waals surface area contributed by atoms with Crippen LogP contribution in [0.15, 0.2) is 51.8 Å². The number of rotatable bonds is 5. The van der Waals surface area contributed by atoms with E-state index in [2.05, 4.69) is 26.0 Å². The van der Waals surface area contributed by atoms with Crippen molar-refractivity contribution in [1.82, 2.24) is 4.72 Å². The maximum atomic E-state index is 12.3. The Morgan fingerprint density at radius 1 is 1.08 bits per heavy atom. The number of carbonyl (C=O) groups is 1. The number of hydrogen-bond donors (Lipinski definition) is 2.